The van der Waals surface area contributed by atoms with Crippen LogP contribution < -0.4 is 9.47 Å². The number of Topliss-reactive ketones (excluding diaryl/α,β-unsaturated/α-hetero) is 1. The first-order valence-corrected chi connectivity index (χ1v) is 6.55. The van der Waals surface area contributed by atoms with Crippen LogP contribution in [0.25, 0.3) is 0 Å². The van der Waals surface area contributed by atoms with Crippen LogP contribution in [0.4, 0.5) is 0 Å². The Morgan fingerprint density at radius 1 is 0.900 bits per heavy atom. The van der Waals surface area contributed by atoms with Crippen molar-refractivity contribution in [3.63, 3.8) is 0 Å². The fraction of sp³-hybridized carbons (Fsp3) is 0.188. The molecular weight excluding hydrogens is 276 g/mol. The third kappa shape index (κ3) is 3.11. The van der Waals surface area contributed by atoms with Gasteiger partial charge in [0, 0.05) is 5.56 Å². The summed E-state index contributed by atoms with van der Waals surface area (Å²) in [6.45, 7) is 0. The topological polar surface area (TPSA) is 35.5 Å². The number of benzene rings is 2. The van der Waals surface area contributed by atoms with Crippen LogP contribution in [0.15, 0.2) is 48.5 Å². The largest absolute Gasteiger partial charge is 0.497 e. The Hall–Kier alpha value is -2.00. The molecule has 2 aromatic carbocycles. The Kier molecular flexibility index (Phi) is 4.64. The summed E-state index contributed by atoms with van der Waals surface area (Å²) in [6.07, 6.45) is 0. The zero-order valence-electron chi connectivity index (χ0n) is 11.3. The summed E-state index contributed by atoms with van der Waals surface area (Å²) in [5, 5.41) is -0.714. The molecule has 2 aromatic rings. The Morgan fingerprint density at radius 3 is 1.80 bits per heavy atom. The molecule has 0 radical (unpaired) electrons. The number of ketones is 1. The zero-order chi connectivity index (χ0) is 14.5. The van der Waals surface area contributed by atoms with Gasteiger partial charge in [-0.3, -0.25) is 4.79 Å². The van der Waals surface area contributed by atoms with E-state index in [9.17, 15) is 4.79 Å². The van der Waals surface area contributed by atoms with E-state index in [0.29, 0.717) is 11.3 Å². The lowest BCUT2D eigenvalue weighted by Crippen LogP contribution is -2.07. The van der Waals surface area contributed by atoms with E-state index in [2.05, 4.69) is 0 Å². The highest BCUT2D eigenvalue weighted by molar-refractivity contribution is 6.33. The van der Waals surface area contributed by atoms with Gasteiger partial charge >= 0.3 is 0 Å². The molecule has 0 N–H and O–H groups in total. The van der Waals surface area contributed by atoms with E-state index in [1.165, 1.54) is 0 Å². The van der Waals surface area contributed by atoms with Crippen molar-refractivity contribution in [1.29, 1.82) is 0 Å². The van der Waals surface area contributed by atoms with E-state index in [1.54, 1.807) is 62.8 Å². The quantitative estimate of drug-likeness (QED) is 0.619. The standard InChI is InChI=1S/C16H15ClO3/c1-19-13-7-3-11(4-8-13)15(17)16(18)12-5-9-14(20-2)10-6-12/h3-10,15H,1-2H3/t15-/m0/s1. The van der Waals surface area contributed by atoms with Crippen molar-refractivity contribution in [2.45, 2.75) is 5.38 Å². The highest BCUT2D eigenvalue weighted by atomic mass is 35.5. The molecule has 0 amide bonds. The predicted molar refractivity (Wildman–Crippen MR) is 78.9 cm³/mol. The van der Waals surface area contributed by atoms with Crippen LogP contribution in [0.3, 0.4) is 0 Å². The summed E-state index contributed by atoms with van der Waals surface area (Å²) in [6, 6.07) is 14.0. The van der Waals surface area contributed by atoms with Gasteiger partial charge in [0.1, 0.15) is 16.9 Å². The summed E-state index contributed by atoms with van der Waals surface area (Å²) in [5.74, 6) is 1.30. The predicted octanol–water partition coefficient (Wildman–Crippen LogP) is 3.87. The monoisotopic (exact) mass is 290 g/mol. The maximum absolute atomic E-state index is 12.3. The minimum Gasteiger partial charge on any atom is -0.497 e. The number of alkyl halides is 1. The van der Waals surface area contributed by atoms with Crippen molar-refractivity contribution in [3.05, 3.63) is 59.7 Å². The van der Waals surface area contributed by atoms with Gasteiger partial charge in [-0.25, -0.2) is 0 Å². The van der Waals surface area contributed by atoms with Gasteiger partial charge in [-0.2, -0.15) is 0 Å². The molecule has 2 rings (SSSR count). The molecule has 3 nitrogen and oxygen atoms in total. The molecule has 0 bridgehead atoms. The maximum Gasteiger partial charge on any atom is 0.185 e. The number of ether oxygens (including phenoxy) is 2. The Bertz CT molecular complexity index is 576. The summed E-state index contributed by atoms with van der Waals surface area (Å²) in [4.78, 5) is 12.3. The van der Waals surface area contributed by atoms with Gasteiger partial charge in [-0.15, -0.1) is 11.6 Å². The van der Waals surface area contributed by atoms with Crippen LogP contribution in [0, 0.1) is 0 Å². The van der Waals surface area contributed by atoms with Crippen molar-refractivity contribution in [1.82, 2.24) is 0 Å². The zero-order valence-corrected chi connectivity index (χ0v) is 12.1. The molecule has 4 heteroatoms. The number of carbonyl (C=O) groups excluding carboxylic acids is 1. The normalized spacial score (nSPS) is 11.8. The second-order valence-corrected chi connectivity index (χ2v) is 4.66. The molecule has 0 saturated carbocycles. The molecule has 0 aliphatic heterocycles. The number of hydrogen-bond donors (Lipinski definition) is 0. The van der Waals surface area contributed by atoms with Crippen LogP contribution >= 0.6 is 11.6 Å². The van der Waals surface area contributed by atoms with Crippen LogP contribution in [0.1, 0.15) is 21.3 Å². The van der Waals surface area contributed by atoms with Crippen LogP contribution in [-0.4, -0.2) is 20.0 Å². The van der Waals surface area contributed by atoms with E-state index in [1.807, 2.05) is 0 Å². The average Bonchev–Trinajstić information content (AvgIpc) is 2.53. The molecule has 20 heavy (non-hydrogen) atoms. The second kappa shape index (κ2) is 6.44. The van der Waals surface area contributed by atoms with Gasteiger partial charge in [-0.05, 0) is 42.0 Å². The molecule has 104 valence electrons. The fourth-order valence-electron chi connectivity index (χ4n) is 1.83. The van der Waals surface area contributed by atoms with Crippen LogP contribution in [-0.2, 0) is 0 Å². The number of halogens is 1. The van der Waals surface area contributed by atoms with Gasteiger partial charge in [0.15, 0.2) is 5.78 Å². The van der Waals surface area contributed by atoms with Crippen molar-refractivity contribution in [2.24, 2.45) is 0 Å². The Morgan fingerprint density at radius 2 is 1.35 bits per heavy atom. The molecular formula is C16H15ClO3. The van der Waals surface area contributed by atoms with E-state index < -0.39 is 5.38 Å². The van der Waals surface area contributed by atoms with Crippen molar-refractivity contribution >= 4 is 17.4 Å². The van der Waals surface area contributed by atoms with Gasteiger partial charge < -0.3 is 9.47 Å². The van der Waals surface area contributed by atoms with Crippen LogP contribution in [0.5, 0.6) is 11.5 Å². The summed E-state index contributed by atoms with van der Waals surface area (Å²) in [7, 11) is 3.17. The first-order valence-electron chi connectivity index (χ1n) is 6.12. The van der Waals surface area contributed by atoms with Gasteiger partial charge in [0.05, 0.1) is 14.2 Å². The smallest absolute Gasteiger partial charge is 0.185 e. The Balaban J connectivity index is 2.17. The number of methoxy groups -OCH3 is 2. The lowest BCUT2D eigenvalue weighted by atomic mass is 10.0. The summed E-state index contributed by atoms with van der Waals surface area (Å²) < 4.78 is 10.1. The van der Waals surface area contributed by atoms with Gasteiger partial charge in [-0.1, -0.05) is 12.1 Å². The third-order valence-electron chi connectivity index (χ3n) is 3.01. The van der Waals surface area contributed by atoms with Crippen molar-refractivity contribution in [3.8, 4) is 11.5 Å². The average molecular weight is 291 g/mol. The first-order chi connectivity index (χ1) is 9.65. The molecule has 0 spiro atoms. The molecule has 0 aliphatic carbocycles. The van der Waals surface area contributed by atoms with Crippen molar-refractivity contribution < 1.29 is 14.3 Å². The van der Waals surface area contributed by atoms with E-state index in [0.717, 1.165) is 11.3 Å². The minimum absolute atomic E-state index is 0.139. The number of rotatable bonds is 5. The molecule has 1 atom stereocenters. The second-order valence-electron chi connectivity index (χ2n) is 4.23. The molecule has 0 unspecified atom stereocenters. The summed E-state index contributed by atoms with van der Waals surface area (Å²) >= 11 is 6.24. The van der Waals surface area contributed by atoms with E-state index in [4.69, 9.17) is 21.1 Å². The summed E-state index contributed by atoms with van der Waals surface area (Å²) in [5.41, 5.74) is 1.30. The lowest BCUT2D eigenvalue weighted by molar-refractivity contribution is 0.0987. The van der Waals surface area contributed by atoms with Crippen molar-refractivity contribution in [2.75, 3.05) is 14.2 Å². The molecule has 0 heterocycles. The fourth-order valence-corrected chi connectivity index (χ4v) is 2.10. The third-order valence-corrected chi connectivity index (χ3v) is 3.46. The highest BCUT2D eigenvalue weighted by Gasteiger charge is 2.19. The maximum atomic E-state index is 12.3. The van der Waals surface area contributed by atoms with Crippen LogP contribution in [0.2, 0.25) is 0 Å². The molecule has 0 aliphatic rings. The number of carbonyl (C=O) groups is 1. The van der Waals surface area contributed by atoms with Gasteiger partial charge in [0.25, 0.3) is 0 Å². The van der Waals surface area contributed by atoms with E-state index in [-0.39, 0.29) is 5.78 Å². The first kappa shape index (κ1) is 14.4. The highest BCUT2D eigenvalue weighted by Crippen LogP contribution is 2.27. The van der Waals surface area contributed by atoms with E-state index >= 15 is 0 Å². The van der Waals surface area contributed by atoms with Gasteiger partial charge in [0.2, 0.25) is 0 Å². The minimum atomic E-state index is -0.714. The Labute approximate surface area is 123 Å². The molecule has 0 aromatic heterocycles. The number of hydrogen-bond acceptors (Lipinski definition) is 3. The SMILES string of the molecule is COc1ccc(C(=O)[C@@H](Cl)c2ccc(OC)cc2)cc1. The lowest BCUT2D eigenvalue weighted by Gasteiger charge is -2.10. The molecule has 0 fully saturated rings. The molecule has 0 saturated heterocycles.